The molecule has 0 atom stereocenters. The van der Waals surface area contributed by atoms with Crippen molar-refractivity contribution in [3.63, 3.8) is 0 Å². The van der Waals surface area contributed by atoms with Crippen molar-refractivity contribution in [3.05, 3.63) is 34.9 Å². The normalized spacial score (nSPS) is 19.2. The molecule has 90 valence electrons. The van der Waals surface area contributed by atoms with Gasteiger partial charge in [0.2, 0.25) is 0 Å². The molecule has 17 heavy (non-hydrogen) atoms. The van der Waals surface area contributed by atoms with Gasteiger partial charge in [-0.25, -0.2) is 0 Å². The molecule has 1 fully saturated rings. The second kappa shape index (κ2) is 4.47. The molecule has 0 radical (unpaired) electrons. The van der Waals surface area contributed by atoms with E-state index in [2.05, 4.69) is 11.4 Å². The Bertz CT molecular complexity index is 439. The van der Waals surface area contributed by atoms with E-state index in [1.54, 1.807) is 0 Å². The molecule has 4 heteroatoms. The van der Waals surface area contributed by atoms with Crippen molar-refractivity contribution in [2.75, 3.05) is 26.3 Å². The number of amides is 1. The summed E-state index contributed by atoms with van der Waals surface area (Å²) in [7, 11) is 0. The van der Waals surface area contributed by atoms with Gasteiger partial charge in [0.1, 0.15) is 0 Å². The molecule has 0 spiro atoms. The van der Waals surface area contributed by atoms with E-state index in [1.807, 2.05) is 17.0 Å². The first-order valence-corrected chi connectivity index (χ1v) is 6.05. The van der Waals surface area contributed by atoms with E-state index in [4.69, 9.17) is 4.74 Å². The number of hydrogen-bond acceptors (Lipinski definition) is 3. The summed E-state index contributed by atoms with van der Waals surface area (Å²) in [5, 5.41) is 3.29. The highest BCUT2D eigenvalue weighted by atomic mass is 16.5. The van der Waals surface area contributed by atoms with Crippen molar-refractivity contribution in [3.8, 4) is 0 Å². The van der Waals surface area contributed by atoms with Gasteiger partial charge in [-0.3, -0.25) is 4.79 Å². The number of hydrogen-bond donors (Lipinski definition) is 1. The standard InChI is InChI=1S/C13H16N2O2/c16-13(15-4-6-17-7-5-15)11-3-1-2-10-8-14-9-12(10)11/h1-3,14H,4-9H2. The second-order valence-electron chi connectivity index (χ2n) is 4.45. The third-order valence-corrected chi connectivity index (χ3v) is 3.42. The fourth-order valence-electron chi connectivity index (χ4n) is 2.47. The smallest absolute Gasteiger partial charge is 0.254 e. The van der Waals surface area contributed by atoms with Crippen LogP contribution in [0.2, 0.25) is 0 Å². The largest absolute Gasteiger partial charge is 0.378 e. The minimum atomic E-state index is 0.147. The maximum absolute atomic E-state index is 12.4. The Labute approximate surface area is 101 Å². The van der Waals surface area contributed by atoms with Gasteiger partial charge in [0, 0.05) is 31.7 Å². The summed E-state index contributed by atoms with van der Waals surface area (Å²) in [5.41, 5.74) is 3.28. The first-order chi connectivity index (χ1) is 8.36. The van der Waals surface area contributed by atoms with Crippen molar-refractivity contribution in [2.45, 2.75) is 13.1 Å². The van der Waals surface area contributed by atoms with Crippen LogP contribution in [0.1, 0.15) is 21.5 Å². The number of carbonyl (C=O) groups excluding carboxylic acids is 1. The minimum absolute atomic E-state index is 0.147. The van der Waals surface area contributed by atoms with Crippen LogP contribution in [0.3, 0.4) is 0 Å². The molecule has 0 unspecified atom stereocenters. The monoisotopic (exact) mass is 232 g/mol. The van der Waals surface area contributed by atoms with Crippen LogP contribution in [-0.2, 0) is 17.8 Å². The van der Waals surface area contributed by atoms with Crippen molar-refractivity contribution >= 4 is 5.91 Å². The van der Waals surface area contributed by atoms with Gasteiger partial charge < -0.3 is 15.0 Å². The van der Waals surface area contributed by atoms with E-state index in [1.165, 1.54) is 11.1 Å². The molecule has 3 rings (SSSR count). The molecular formula is C13H16N2O2. The summed E-state index contributed by atoms with van der Waals surface area (Å²) in [6, 6.07) is 5.99. The van der Waals surface area contributed by atoms with Crippen LogP contribution >= 0.6 is 0 Å². The number of morpholine rings is 1. The predicted octanol–water partition coefficient (Wildman–Crippen LogP) is 0.762. The molecule has 1 aromatic rings. The van der Waals surface area contributed by atoms with Crippen molar-refractivity contribution < 1.29 is 9.53 Å². The first-order valence-electron chi connectivity index (χ1n) is 6.05. The molecule has 0 aliphatic carbocycles. The van der Waals surface area contributed by atoms with Gasteiger partial charge in [-0.2, -0.15) is 0 Å². The number of nitrogens with one attached hydrogen (secondary N) is 1. The van der Waals surface area contributed by atoms with Crippen LogP contribution in [-0.4, -0.2) is 37.1 Å². The Morgan fingerprint density at radius 1 is 1.24 bits per heavy atom. The van der Waals surface area contributed by atoms with E-state index in [0.717, 1.165) is 18.7 Å². The van der Waals surface area contributed by atoms with Gasteiger partial charge in [-0.05, 0) is 17.2 Å². The average molecular weight is 232 g/mol. The van der Waals surface area contributed by atoms with Gasteiger partial charge in [-0.15, -0.1) is 0 Å². The predicted molar refractivity (Wildman–Crippen MR) is 63.7 cm³/mol. The van der Waals surface area contributed by atoms with E-state index in [0.29, 0.717) is 26.3 Å². The van der Waals surface area contributed by atoms with Gasteiger partial charge in [0.05, 0.1) is 13.2 Å². The Morgan fingerprint density at radius 2 is 2.06 bits per heavy atom. The molecular weight excluding hydrogens is 216 g/mol. The molecule has 0 aromatic heterocycles. The van der Waals surface area contributed by atoms with Crippen LogP contribution < -0.4 is 5.32 Å². The minimum Gasteiger partial charge on any atom is -0.378 e. The topological polar surface area (TPSA) is 41.6 Å². The number of rotatable bonds is 1. The molecule has 2 aliphatic heterocycles. The second-order valence-corrected chi connectivity index (χ2v) is 4.45. The third kappa shape index (κ3) is 1.94. The first kappa shape index (κ1) is 10.7. The lowest BCUT2D eigenvalue weighted by Crippen LogP contribution is -2.41. The van der Waals surface area contributed by atoms with Crippen LogP contribution in [0.25, 0.3) is 0 Å². The van der Waals surface area contributed by atoms with Gasteiger partial charge in [0.15, 0.2) is 0 Å². The molecule has 1 N–H and O–H groups in total. The highest BCUT2D eigenvalue weighted by Crippen LogP contribution is 2.21. The molecule has 1 aromatic carbocycles. The molecule has 4 nitrogen and oxygen atoms in total. The Kier molecular flexibility index (Phi) is 2.82. The summed E-state index contributed by atoms with van der Waals surface area (Å²) in [4.78, 5) is 14.3. The quantitative estimate of drug-likeness (QED) is 0.777. The molecule has 2 heterocycles. The van der Waals surface area contributed by atoms with Crippen molar-refractivity contribution in [2.24, 2.45) is 0 Å². The summed E-state index contributed by atoms with van der Waals surface area (Å²) < 4.78 is 5.27. The number of ether oxygens (including phenoxy) is 1. The maximum atomic E-state index is 12.4. The molecule has 2 aliphatic rings. The maximum Gasteiger partial charge on any atom is 0.254 e. The molecule has 1 amide bonds. The Morgan fingerprint density at radius 3 is 2.88 bits per heavy atom. The average Bonchev–Trinajstić information content (AvgIpc) is 2.87. The molecule has 0 saturated carbocycles. The summed E-state index contributed by atoms with van der Waals surface area (Å²) >= 11 is 0. The number of nitrogens with zero attached hydrogens (tertiary/aromatic N) is 1. The lowest BCUT2D eigenvalue weighted by molar-refractivity contribution is 0.0302. The number of fused-ring (bicyclic) bond motifs is 1. The van der Waals surface area contributed by atoms with E-state index >= 15 is 0 Å². The van der Waals surface area contributed by atoms with Crippen molar-refractivity contribution in [1.82, 2.24) is 10.2 Å². The van der Waals surface area contributed by atoms with Crippen LogP contribution in [0, 0.1) is 0 Å². The Balaban J connectivity index is 1.88. The zero-order valence-electron chi connectivity index (χ0n) is 9.74. The van der Waals surface area contributed by atoms with Crippen LogP contribution in [0.15, 0.2) is 18.2 Å². The van der Waals surface area contributed by atoms with Crippen LogP contribution in [0.4, 0.5) is 0 Å². The fraction of sp³-hybridized carbons (Fsp3) is 0.462. The lowest BCUT2D eigenvalue weighted by Gasteiger charge is -2.27. The third-order valence-electron chi connectivity index (χ3n) is 3.42. The van der Waals surface area contributed by atoms with E-state index in [-0.39, 0.29) is 5.91 Å². The highest BCUT2D eigenvalue weighted by molar-refractivity contribution is 5.96. The summed E-state index contributed by atoms with van der Waals surface area (Å²) in [6.07, 6.45) is 0. The van der Waals surface area contributed by atoms with Crippen molar-refractivity contribution in [1.29, 1.82) is 0 Å². The zero-order valence-corrected chi connectivity index (χ0v) is 9.74. The van der Waals surface area contributed by atoms with Gasteiger partial charge in [-0.1, -0.05) is 12.1 Å². The Hall–Kier alpha value is -1.39. The fourth-order valence-corrected chi connectivity index (χ4v) is 2.47. The lowest BCUT2D eigenvalue weighted by atomic mass is 10.0. The molecule has 1 saturated heterocycles. The zero-order chi connectivity index (χ0) is 11.7. The van der Waals surface area contributed by atoms with Gasteiger partial charge in [0.25, 0.3) is 5.91 Å². The van der Waals surface area contributed by atoms with Gasteiger partial charge >= 0.3 is 0 Å². The summed E-state index contributed by atoms with van der Waals surface area (Å²) in [5.74, 6) is 0.147. The highest BCUT2D eigenvalue weighted by Gasteiger charge is 2.23. The molecule has 0 bridgehead atoms. The van der Waals surface area contributed by atoms with Crippen LogP contribution in [0.5, 0.6) is 0 Å². The SMILES string of the molecule is O=C(c1cccc2c1CNC2)N1CCOCC1. The summed E-state index contributed by atoms with van der Waals surface area (Å²) in [6.45, 7) is 4.39. The number of carbonyl (C=O) groups is 1. The number of benzene rings is 1. The van der Waals surface area contributed by atoms with E-state index < -0.39 is 0 Å². The van der Waals surface area contributed by atoms with E-state index in [9.17, 15) is 4.79 Å².